The highest BCUT2D eigenvalue weighted by Gasteiger charge is 2.25. The molecule has 1 saturated heterocycles. The van der Waals surface area contributed by atoms with Crippen LogP contribution in [0.5, 0.6) is 0 Å². The van der Waals surface area contributed by atoms with E-state index in [9.17, 15) is 18.0 Å². The number of amides is 1. The highest BCUT2D eigenvalue weighted by atomic mass is 79.9. The number of benzene rings is 2. The number of morpholine rings is 1. The van der Waals surface area contributed by atoms with Crippen LogP contribution in [-0.2, 0) is 24.3 Å². The van der Waals surface area contributed by atoms with Gasteiger partial charge in [0.05, 0.1) is 23.7 Å². The van der Waals surface area contributed by atoms with Crippen molar-refractivity contribution in [3.05, 3.63) is 58.6 Å². The zero-order chi connectivity index (χ0) is 21.7. The molecule has 10 heteroatoms. The second-order valence-electron chi connectivity index (χ2n) is 6.62. The lowest BCUT2D eigenvalue weighted by atomic mass is 10.2. The van der Waals surface area contributed by atoms with E-state index in [1.54, 1.807) is 17.0 Å². The van der Waals surface area contributed by atoms with Crippen LogP contribution in [-0.4, -0.2) is 57.6 Å². The van der Waals surface area contributed by atoms with Crippen molar-refractivity contribution >= 4 is 43.5 Å². The molecule has 1 unspecified atom stereocenters. The van der Waals surface area contributed by atoms with Crippen LogP contribution in [0.1, 0.15) is 17.3 Å². The van der Waals surface area contributed by atoms with E-state index in [0.29, 0.717) is 32.0 Å². The number of halogens is 1. The Morgan fingerprint density at radius 3 is 2.27 bits per heavy atom. The molecular weight excluding hydrogens is 476 g/mol. The fourth-order valence-corrected chi connectivity index (χ4v) is 4.14. The number of sulfonamides is 1. The molecule has 30 heavy (non-hydrogen) atoms. The van der Waals surface area contributed by atoms with Crippen molar-refractivity contribution in [3.8, 4) is 0 Å². The van der Waals surface area contributed by atoms with E-state index in [4.69, 9.17) is 9.47 Å². The van der Waals surface area contributed by atoms with Crippen molar-refractivity contribution in [2.45, 2.75) is 17.9 Å². The second-order valence-corrected chi connectivity index (χ2v) is 9.22. The number of rotatable bonds is 6. The van der Waals surface area contributed by atoms with Gasteiger partial charge in [0.1, 0.15) is 0 Å². The lowest BCUT2D eigenvalue weighted by Gasteiger charge is -2.28. The summed E-state index contributed by atoms with van der Waals surface area (Å²) in [6.07, 6.45) is -0.925. The minimum absolute atomic E-state index is 0.115. The average Bonchev–Trinajstić information content (AvgIpc) is 2.74. The van der Waals surface area contributed by atoms with Gasteiger partial charge in [-0.1, -0.05) is 15.9 Å². The number of hydrogen-bond donors (Lipinski definition) is 1. The molecule has 1 atom stereocenters. The SMILES string of the molecule is CC(OC(=O)c1ccc(NS(=O)(=O)c2ccc(Br)cc2)cc1)C(=O)N1CCOCC1. The summed E-state index contributed by atoms with van der Waals surface area (Å²) in [6.45, 7) is 3.38. The average molecular weight is 497 g/mol. The Morgan fingerprint density at radius 2 is 1.67 bits per heavy atom. The molecular formula is C20H21BrN2O6S. The largest absolute Gasteiger partial charge is 0.449 e. The van der Waals surface area contributed by atoms with E-state index in [0.717, 1.165) is 4.47 Å². The molecule has 1 heterocycles. The first kappa shape index (κ1) is 22.3. The molecule has 2 aromatic rings. The Morgan fingerprint density at radius 1 is 1.07 bits per heavy atom. The molecule has 0 saturated carbocycles. The molecule has 1 fully saturated rings. The van der Waals surface area contributed by atoms with Crippen LogP contribution < -0.4 is 4.72 Å². The summed E-state index contributed by atoms with van der Waals surface area (Å²) in [5.41, 5.74) is 0.509. The summed E-state index contributed by atoms with van der Waals surface area (Å²) in [5, 5.41) is 0. The van der Waals surface area contributed by atoms with Gasteiger partial charge in [-0.3, -0.25) is 9.52 Å². The van der Waals surface area contributed by atoms with Gasteiger partial charge >= 0.3 is 5.97 Å². The summed E-state index contributed by atoms with van der Waals surface area (Å²) in [5.74, 6) is -0.933. The van der Waals surface area contributed by atoms with Crippen molar-refractivity contribution in [2.75, 3.05) is 31.0 Å². The summed E-state index contributed by atoms with van der Waals surface area (Å²) in [6, 6.07) is 12.0. The maximum Gasteiger partial charge on any atom is 0.338 e. The van der Waals surface area contributed by atoms with Gasteiger partial charge in [-0.05, 0) is 55.5 Å². The quantitative estimate of drug-likeness (QED) is 0.616. The van der Waals surface area contributed by atoms with Gasteiger partial charge in [-0.2, -0.15) is 0 Å². The lowest BCUT2D eigenvalue weighted by Crippen LogP contribution is -2.46. The molecule has 1 aliphatic rings. The summed E-state index contributed by atoms with van der Waals surface area (Å²) >= 11 is 3.26. The number of carbonyl (C=O) groups is 2. The molecule has 8 nitrogen and oxygen atoms in total. The molecule has 2 aromatic carbocycles. The topological polar surface area (TPSA) is 102 Å². The lowest BCUT2D eigenvalue weighted by molar-refractivity contribution is -0.143. The third-order valence-electron chi connectivity index (χ3n) is 4.45. The molecule has 0 spiro atoms. The third kappa shape index (κ3) is 5.59. The molecule has 0 aromatic heterocycles. The van der Waals surface area contributed by atoms with Crippen molar-refractivity contribution in [2.24, 2.45) is 0 Å². The molecule has 3 rings (SSSR count). The van der Waals surface area contributed by atoms with E-state index >= 15 is 0 Å². The number of nitrogens with zero attached hydrogens (tertiary/aromatic N) is 1. The van der Waals surface area contributed by atoms with E-state index < -0.39 is 22.1 Å². The van der Waals surface area contributed by atoms with Crippen molar-refractivity contribution < 1.29 is 27.5 Å². The molecule has 0 aliphatic carbocycles. The number of ether oxygens (including phenoxy) is 2. The molecule has 0 radical (unpaired) electrons. The van der Waals surface area contributed by atoms with E-state index in [1.165, 1.54) is 43.3 Å². The fraction of sp³-hybridized carbons (Fsp3) is 0.300. The maximum absolute atomic E-state index is 12.4. The Hall–Kier alpha value is -2.43. The normalized spacial score (nSPS) is 15.3. The van der Waals surface area contributed by atoms with Gasteiger partial charge < -0.3 is 14.4 Å². The van der Waals surface area contributed by atoms with Crippen LogP contribution in [0.25, 0.3) is 0 Å². The van der Waals surface area contributed by atoms with Crippen LogP contribution in [0.4, 0.5) is 5.69 Å². The van der Waals surface area contributed by atoms with Crippen LogP contribution >= 0.6 is 15.9 Å². The van der Waals surface area contributed by atoms with Gasteiger partial charge in [0.2, 0.25) is 0 Å². The van der Waals surface area contributed by atoms with Gasteiger partial charge in [-0.25, -0.2) is 13.2 Å². The highest BCUT2D eigenvalue weighted by Crippen LogP contribution is 2.19. The van der Waals surface area contributed by atoms with Crippen LogP contribution in [0.15, 0.2) is 57.9 Å². The van der Waals surface area contributed by atoms with Crippen LogP contribution in [0, 0.1) is 0 Å². The van der Waals surface area contributed by atoms with Crippen molar-refractivity contribution in [3.63, 3.8) is 0 Å². The number of nitrogens with one attached hydrogen (secondary N) is 1. The number of carbonyl (C=O) groups excluding carboxylic acids is 2. The predicted molar refractivity (Wildman–Crippen MR) is 114 cm³/mol. The zero-order valence-electron chi connectivity index (χ0n) is 16.2. The maximum atomic E-state index is 12.4. The Labute approximate surface area is 183 Å². The standard InChI is InChI=1S/C20H21BrN2O6S/c1-14(19(24)23-10-12-28-13-11-23)29-20(25)15-2-6-17(7-3-15)22-30(26,27)18-8-4-16(21)5-9-18/h2-9,14,22H,10-13H2,1H3. The van der Waals surface area contributed by atoms with Crippen molar-refractivity contribution in [1.29, 1.82) is 0 Å². The Kier molecular flexibility index (Phi) is 7.11. The molecule has 0 bridgehead atoms. The summed E-state index contributed by atoms with van der Waals surface area (Å²) in [7, 11) is -3.75. The van der Waals surface area contributed by atoms with Gasteiger partial charge in [0.25, 0.3) is 15.9 Å². The van der Waals surface area contributed by atoms with Crippen LogP contribution in [0.3, 0.4) is 0 Å². The van der Waals surface area contributed by atoms with Gasteiger partial charge in [-0.15, -0.1) is 0 Å². The first-order chi connectivity index (χ1) is 14.3. The van der Waals surface area contributed by atoms with Gasteiger partial charge in [0, 0.05) is 23.2 Å². The number of hydrogen-bond acceptors (Lipinski definition) is 6. The van der Waals surface area contributed by atoms with Crippen LogP contribution in [0.2, 0.25) is 0 Å². The molecule has 1 aliphatic heterocycles. The molecule has 160 valence electrons. The van der Waals surface area contributed by atoms with E-state index in [1.807, 2.05) is 0 Å². The van der Waals surface area contributed by atoms with E-state index in [2.05, 4.69) is 20.7 Å². The first-order valence-electron chi connectivity index (χ1n) is 9.22. The molecule has 1 amide bonds. The van der Waals surface area contributed by atoms with Crippen molar-refractivity contribution in [1.82, 2.24) is 4.90 Å². The fourth-order valence-electron chi connectivity index (χ4n) is 2.82. The zero-order valence-corrected chi connectivity index (χ0v) is 18.6. The van der Waals surface area contributed by atoms with Gasteiger partial charge in [0.15, 0.2) is 6.10 Å². The monoisotopic (exact) mass is 496 g/mol. The minimum atomic E-state index is -3.75. The minimum Gasteiger partial charge on any atom is -0.449 e. The highest BCUT2D eigenvalue weighted by molar-refractivity contribution is 9.10. The number of anilines is 1. The second kappa shape index (κ2) is 9.59. The third-order valence-corrected chi connectivity index (χ3v) is 6.38. The Bertz CT molecular complexity index is 1000. The van der Waals surface area contributed by atoms with E-state index in [-0.39, 0.29) is 16.4 Å². The smallest absolute Gasteiger partial charge is 0.338 e. The first-order valence-corrected chi connectivity index (χ1v) is 11.5. The number of esters is 1. The molecule has 1 N–H and O–H groups in total. The summed E-state index contributed by atoms with van der Waals surface area (Å²) < 4.78 is 38.6. The Balaban J connectivity index is 1.61. The predicted octanol–water partition coefficient (Wildman–Crippen LogP) is 2.65. The summed E-state index contributed by atoms with van der Waals surface area (Å²) in [4.78, 5) is 26.4.